The number of aliphatic hydroxyl groups is 1. The van der Waals surface area contributed by atoms with Crippen LogP contribution in [0.2, 0.25) is 0 Å². The van der Waals surface area contributed by atoms with Gasteiger partial charge in [-0.25, -0.2) is 8.42 Å². The van der Waals surface area contributed by atoms with Gasteiger partial charge in [-0.2, -0.15) is 8.42 Å². The quantitative estimate of drug-likeness (QED) is 0.694. The normalized spacial score (nSPS) is 27.4. The maximum absolute atomic E-state index is 11.7. The van der Waals surface area contributed by atoms with Gasteiger partial charge in [-0.05, 0) is 6.07 Å². The van der Waals surface area contributed by atoms with Crippen molar-refractivity contribution in [1.29, 1.82) is 0 Å². The second-order valence-electron chi connectivity index (χ2n) is 3.82. The Morgan fingerprint density at radius 2 is 1.82 bits per heavy atom. The maximum Gasteiger partial charge on any atom is 0.299 e. The van der Waals surface area contributed by atoms with Crippen LogP contribution in [0.4, 0.5) is 0 Å². The van der Waals surface area contributed by atoms with Crippen molar-refractivity contribution >= 4 is 20.0 Å². The molecule has 2 N–H and O–H groups in total. The van der Waals surface area contributed by atoms with E-state index in [1.165, 1.54) is 24.3 Å². The van der Waals surface area contributed by atoms with Gasteiger partial charge in [-0.15, -0.1) is 0 Å². The van der Waals surface area contributed by atoms with E-state index in [1.807, 2.05) is 0 Å². The monoisotopic (exact) mass is 278 g/mol. The molecule has 1 heterocycles. The fraction of sp³-hybridized carbons (Fsp3) is 0.333. The molecule has 0 amide bonds. The van der Waals surface area contributed by atoms with Crippen LogP contribution in [0.15, 0.2) is 29.2 Å². The fourth-order valence-electron chi connectivity index (χ4n) is 1.85. The highest BCUT2D eigenvalue weighted by Crippen LogP contribution is 2.39. The molecule has 0 fully saturated rings. The average molecular weight is 278 g/mol. The molecule has 17 heavy (non-hydrogen) atoms. The fourth-order valence-corrected chi connectivity index (χ4v) is 4.50. The first-order chi connectivity index (χ1) is 7.68. The maximum atomic E-state index is 11.7. The molecule has 94 valence electrons. The molecule has 0 radical (unpaired) electrons. The lowest BCUT2D eigenvalue weighted by Gasteiger charge is -2.30. The largest absolute Gasteiger partial charge is 0.369 e. The predicted molar refractivity (Wildman–Crippen MR) is 58.6 cm³/mol. The minimum absolute atomic E-state index is 0.258. The summed E-state index contributed by atoms with van der Waals surface area (Å²) in [5, 5.41) is 9.99. The predicted octanol–water partition coefficient (Wildman–Crippen LogP) is -0.103. The lowest BCUT2D eigenvalue weighted by Crippen LogP contribution is -2.41. The van der Waals surface area contributed by atoms with Crippen molar-refractivity contribution in [2.45, 2.75) is 16.2 Å². The Bertz CT molecular complexity index is 660. The van der Waals surface area contributed by atoms with Gasteiger partial charge in [0.05, 0.1) is 10.6 Å². The van der Waals surface area contributed by atoms with Gasteiger partial charge in [-0.3, -0.25) is 4.55 Å². The molecule has 1 aromatic rings. The summed E-state index contributed by atoms with van der Waals surface area (Å²) in [4.78, 5) is -2.80. The minimum Gasteiger partial charge on any atom is -0.369 e. The van der Waals surface area contributed by atoms with E-state index in [0.29, 0.717) is 0 Å². The van der Waals surface area contributed by atoms with Crippen molar-refractivity contribution in [1.82, 2.24) is 0 Å². The highest BCUT2D eigenvalue weighted by molar-refractivity contribution is 7.92. The summed E-state index contributed by atoms with van der Waals surface area (Å²) in [5.74, 6) is -0.527. The third kappa shape index (κ3) is 1.77. The summed E-state index contributed by atoms with van der Waals surface area (Å²) < 4.78 is 54.8. The second-order valence-corrected chi connectivity index (χ2v) is 7.53. The molecule has 1 aliphatic rings. The van der Waals surface area contributed by atoms with Gasteiger partial charge in [0.15, 0.2) is 9.84 Å². The first-order valence-electron chi connectivity index (χ1n) is 4.70. The van der Waals surface area contributed by atoms with Crippen LogP contribution in [-0.4, -0.2) is 32.2 Å². The summed E-state index contributed by atoms with van der Waals surface area (Å²) in [5.41, 5.74) is -0.297. The zero-order chi connectivity index (χ0) is 12.9. The number of rotatable bonds is 1. The molecule has 1 unspecified atom stereocenters. The smallest absolute Gasteiger partial charge is 0.299 e. The van der Waals surface area contributed by atoms with Crippen molar-refractivity contribution in [3.8, 4) is 0 Å². The van der Waals surface area contributed by atoms with Gasteiger partial charge >= 0.3 is 0 Å². The second kappa shape index (κ2) is 3.52. The summed E-state index contributed by atoms with van der Waals surface area (Å²) >= 11 is 0. The highest BCUT2D eigenvalue weighted by atomic mass is 32.2. The molecule has 2 rings (SSSR count). The zero-order valence-electron chi connectivity index (χ0n) is 8.57. The van der Waals surface area contributed by atoms with Gasteiger partial charge in [0.1, 0.15) is 0 Å². The number of benzene rings is 1. The highest BCUT2D eigenvalue weighted by Gasteiger charge is 2.49. The van der Waals surface area contributed by atoms with E-state index in [4.69, 9.17) is 4.55 Å². The van der Waals surface area contributed by atoms with Crippen LogP contribution >= 0.6 is 0 Å². The van der Waals surface area contributed by atoms with E-state index < -0.39 is 37.1 Å². The van der Waals surface area contributed by atoms with E-state index in [0.717, 1.165) is 0 Å². The lowest BCUT2D eigenvalue weighted by molar-refractivity contribution is 0.103. The molecular weight excluding hydrogens is 268 g/mol. The van der Waals surface area contributed by atoms with Gasteiger partial charge in [0, 0.05) is 12.0 Å². The van der Waals surface area contributed by atoms with Crippen molar-refractivity contribution in [2.24, 2.45) is 0 Å². The van der Waals surface area contributed by atoms with Crippen molar-refractivity contribution in [3.63, 3.8) is 0 Å². The van der Waals surface area contributed by atoms with Crippen LogP contribution in [0.3, 0.4) is 0 Å². The molecule has 0 spiro atoms. The Morgan fingerprint density at radius 3 is 2.41 bits per heavy atom. The molecule has 0 aliphatic carbocycles. The van der Waals surface area contributed by atoms with Crippen LogP contribution in [0.5, 0.6) is 0 Å². The molecule has 1 atom stereocenters. The molecule has 8 heteroatoms. The van der Waals surface area contributed by atoms with Crippen molar-refractivity contribution < 1.29 is 26.5 Å². The number of hydrogen-bond donors (Lipinski definition) is 2. The van der Waals surface area contributed by atoms with Crippen LogP contribution in [0, 0.1) is 0 Å². The van der Waals surface area contributed by atoms with Crippen molar-refractivity contribution in [3.05, 3.63) is 29.8 Å². The first-order valence-corrected chi connectivity index (χ1v) is 7.79. The number of hydrogen-bond acceptors (Lipinski definition) is 5. The molecular formula is C9H10O6S2. The van der Waals surface area contributed by atoms with E-state index in [2.05, 4.69) is 0 Å². The summed E-state index contributed by atoms with van der Waals surface area (Å²) in [6, 6.07) is 5.21. The van der Waals surface area contributed by atoms with E-state index in [-0.39, 0.29) is 10.5 Å². The van der Waals surface area contributed by atoms with Crippen LogP contribution in [0.25, 0.3) is 0 Å². The van der Waals surface area contributed by atoms with Crippen LogP contribution < -0.4 is 0 Å². The lowest BCUT2D eigenvalue weighted by atomic mass is 10.1. The molecule has 1 aromatic carbocycles. The topological polar surface area (TPSA) is 109 Å². The standard InChI is InChI=1S/C9H10O6S2/c10-9(17(13,14)15)5-6-16(11,12)8-4-2-1-3-7(8)9/h1-4,10H,5-6H2,(H,13,14,15). The van der Waals surface area contributed by atoms with Gasteiger partial charge in [0.2, 0.25) is 4.93 Å². The Morgan fingerprint density at radius 1 is 1.24 bits per heavy atom. The summed E-state index contributed by atoms with van der Waals surface area (Å²) in [7, 11) is -8.41. The van der Waals surface area contributed by atoms with E-state index >= 15 is 0 Å². The molecule has 0 saturated heterocycles. The molecule has 6 nitrogen and oxygen atoms in total. The Balaban J connectivity index is 2.82. The van der Waals surface area contributed by atoms with Crippen LogP contribution in [-0.2, 0) is 24.9 Å². The molecule has 0 bridgehead atoms. The summed E-state index contributed by atoms with van der Waals surface area (Å²) in [6.07, 6.45) is -0.578. The Hall–Kier alpha value is -0.960. The SMILES string of the molecule is O=S1(=O)CCC(O)(S(=O)(=O)O)c2ccccc21. The number of sulfone groups is 1. The molecule has 0 saturated carbocycles. The number of fused-ring (bicyclic) bond motifs is 1. The van der Waals surface area contributed by atoms with Gasteiger partial charge < -0.3 is 5.11 Å². The third-order valence-electron chi connectivity index (χ3n) is 2.78. The third-order valence-corrected chi connectivity index (χ3v) is 5.82. The zero-order valence-corrected chi connectivity index (χ0v) is 10.2. The van der Waals surface area contributed by atoms with E-state index in [9.17, 15) is 21.9 Å². The Kier molecular flexibility index (Phi) is 2.58. The van der Waals surface area contributed by atoms with E-state index in [1.54, 1.807) is 0 Å². The van der Waals surface area contributed by atoms with Gasteiger partial charge in [-0.1, -0.05) is 18.2 Å². The van der Waals surface area contributed by atoms with Crippen molar-refractivity contribution in [2.75, 3.05) is 5.75 Å². The van der Waals surface area contributed by atoms with Gasteiger partial charge in [0.25, 0.3) is 10.1 Å². The Labute approximate surface area is 98.6 Å². The minimum atomic E-state index is -4.80. The average Bonchev–Trinajstić information content (AvgIpc) is 2.23. The first kappa shape index (κ1) is 12.5. The summed E-state index contributed by atoms with van der Waals surface area (Å²) in [6.45, 7) is 0. The molecule has 0 aromatic heterocycles. The van der Waals surface area contributed by atoms with Crippen LogP contribution in [0.1, 0.15) is 12.0 Å². The molecule has 1 aliphatic heterocycles.